The van der Waals surface area contributed by atoms with Gasteiger partial charge in [-0.15, -0.1) is 0 Å². The van der Waals surface area contributed by atoms with E-state index >= 15 is 0 Å². The van der Waals surface area contributed by atoms with Gasteiger partial charge in [0.05, 0.1) is 12.6 Å². The second-order valence-electron chi connectivity index (χ2n) is 3.69. The van der Waals surface area contributed by atoms with Crippen molar-refractivity contribution in [2.24, 2.45) is 5.92 Å². The van der Waals surface area contributed by atoms with Crippen LogP contribution in [0.3, 0.4) is 0 Å². The first-order valence-corrected chi connectivity index (χ1v) is 5.03. The lowest BCUT2D eigenvalue weighted by atomic mass is 10.1. The first-order valence-electron chi connectivity index (χ1n) is 5.03. The Hall–Kier alpha value is -0.570. The molecule has 2 N–H and O–H groups in total. The van der Waals surface area contributed by atoms with E-state index in [1.165, 1.54) is 0 Å². The van der Waals surface area contributed by atoms with Crippen LogP contribution < -0.4 is 5.32 Å². The van der Waals surface area contributed by atoms with Crippen molar-refractivity contribution < 1.29 is 9.90 Å². The molecule has 0 aliphatic carbocycles. The molecule has 0 spiro atoms. The van der Waals surface area contributed by atoms with Gasteiger partial charge in [-0.2, -0.15) is 0 Å². The zero-order valence-corrected chi connectivity index (χ0v) is 8.84. The van der Waals surface area contributed by atoms with Crippen LogP contribution >= 0.6 is 0 Å². The van der Waals surface area contributed by atoms with Crippen LogP contribution in [0.5, 0.6) is 0 Å². The fraction of sp³-hybridized carbons (Fsp3) is 0.900. The summed E-state index contributed by atoms with van der Waals surface area (Å²) in [6.07, 6.45) is 3.00. The molecule has 0 heterocycles. The lowest BCUT2D eigenvalue weighted by Gasteiger charge is -2.17. The van der Waals surface area contributed by atoms with Crippen LogP contribution in [-0.4, -0.2) is 23.7 Å². The van der Waals surface area contributed by atoms with Crippen molar-refractivity contribution in [1.29, 1.82) is 0 Å². The molecule has 0 radical (unpaired) electrons. The number of carbonyl (C=O) groups excluding carboxylic acids is 1. The van der Waals surface area contributed by atoms with Crippen LogP contribution in [0, 0.1) is 5.92 Å². The van der Waals surface area contributed by atoms with E-state index in [1.807, 2.05) is 13.8 Å². The van der Waals surface area contributed by atoms with Crippen LogP contribution in [0.1, 0.15) is 40.0 Å². The predicted molar refractivity (Wildman–Crippen MR) is 53.4 cm³/mol. The van der Waals surface area contributed by atoms with Gasteiger partial charge < -0.3 is 10.4 Å². The third-order valence-electron chi connectivity index (χ3n) is 2.00. The number of carbonyl (C=O) groups is 1. The molecule has 78 valence electrons. The minimum Gasteiger partial charge on any atom is -0.394 e. The molecular weight excluding hydrogens is 166 g/mol. The average molecular weight is 187 g/mol. The van der Waals surface area contributed by atoms with Crippen molar-refractivity contribution >= 4 is 5.91 Å². The molecule has 1 amide bonds. The van der Waals surface area contributed by atoms with E-state index < -0.39 is 0 Å². The topological polar surface area (TPSA) is 49.3 Å². The van der Waals surface area contributed by atoms with Gasteiger partial charge in [-0.25, -0.2) is 0 Å². The highest BCUT2D eigenvalue weighted by atomic mass is 16.3. The number of rotatable bonds is 6. The molecule has 13 heavy (non-hydrogen) atoms. The van der Waals surface area contributed by atoms with Gasteiger partial charge in [0.25, 0.3) is 0 Å². The Balaban J connectivity index is 3.76. The minimum absolute atomic E-state index is 0.00400. The smallest absolute Gasteiger partial charge is 0.222 e. The van der Waals surface area contributed by atoms with Crippen LogP contribution in [0.25, 0.3) is 0 Å². The fourth-order valence-corrected chi connectivity index (χ4v) is 1.03. The quantitative estimate of drug-likeness (QED) is 0.658. The summed E-state index contributed by atoms with van der Waals surface area (Å²) >= 11 is 0. The standard InChI is InChI=1S/C10H21NO2/c1-4-5-6-9(7-12)11-10(13)8(2)3/h8-9,12H,4-7H2,1-3H3,(H,11,13). The summed E-state index contributed by atoms with van der Waals surface area (Å²) in [7, 11) is 0. The molecule has 0 aromatic carbocycles. The van der Waals surface area contributed by atoms with Crippen LogP contribution in [-0.2, 0) is 4.79 Å². The minimum atomic E-state index is -0.0603. The third-order valence-corrected chi connectivity index (χ3v) is 2.00. The number of nitrogens with one attached hydrogen (secondary N) is 1. The molecule has 0 aromatic heterocycles. The van der Waals surface area contributed by atoms with E-state index in [0.29, 0.717) is 0 Å². The predicted octanol–water partition coefficient (Wildman–Crippen LogP) is 1.31. The van der Waals surface area contributed by atoms with Gasteiger partial charge in [0, 0.05) is 5.92 Å². The first-order chi connectivity index (χ1) is 6.11. The molecule has 0 bridgehead atoms. The SMILES string of the molecule is CCCCC(CO)NC(=O)C(C)C. The van der Waals surface area contributed by atoms with Gasteiger partial charge in [-0.3, -0.25) is 4.79 Å². The van der Waals surface area contributed by atoms with Gasteiger partial charge in [-0.1, -0.05) is 33.6 Å². The number of hydrogen-bond acceptors (Lipinski definition) is 2. The van der Waals surface area contributed by atoms with Crippen molar-refractivity contribution in [3.05, 3.63) is 0 Å². The summed E-state index contributed by atoms with van der Waals surface area (Å²) in [5, 5.41) is 11.8. The van der Waals surface area contributed by atoms with E-state index in [0.717, 1.165) is 19.3 Å². The molecule has 3 heteroatoms. The van der Waals surface area contributed by atoms with Crippen molar-refractivity contribution in [3.63, 3.8) is 0 Å². The van der Waals surface area contributed by atoms with E-state index in [4.69, 9.17) is 5.11 Å². The van der Waals surface area contributed by atoms with Gasteiger partial charge in [0.1, 0.15) is 0 Å². The van der Waals surface area contributed by atoms with E-state index in [2.05, 4.69) is 12.2 Å². The summed E-state index contributed by atoms with van der Waals surface area (Å²) in [4.78, 5) is 11.3. The molecular formula is C10H21NO2. The summed E-state index contributed by atoms with van der Waals surface area (Å²) in [5.74, 6) is 0.0193. The maximum absolute atomic E-state index is 11.3. The Morgan fingerprint density at radius 1 is 1.46 bits per heavy atom. The summed E-state index contributed by atoms with van der Waals surface area (Å²) in [5.41, 5.74) is 0. The third kappa shape index (κ3) is 5.64. The lowest BCUT2D eigenvalue weighted by Crippen LogP contribution is -2.39. The molecule has 1 unspecified atom stereocenters. The number of aliphatic hydroxyl groups is 1. The van der Waals surface area contributed by atoms with Crippen LogP contribution in [0.4, 0.5) is 0 Å². The normalized spacial score (nSPS) is 13.0. The zero-order chi connectivity index (χ0) is 10.3. The Labute approximate surface area is 80.5 Å². The van der Waals surface area contributed by atoms with E-state index in [-0.39, 0.29) is 24.5 Å². The monoisotopic (exact) mass is 187 g/mol. The molecule has 0 fully saturated rings. The van der Waals surface area contributed by atoms with Crippen LogP contribution in [0.2, 0.25) is 0 Å². The van der Waals surface area contributed by atoms with Gasteiger partial charge >= 0.3 is 0 Å². The summed E-state index contributed by atoms with van der Waals surface area (Å²) in [6.45, 7) is 5.84. The highest BCUT2D eigenvalue weighted by Crippen LogP contribution is 2.01. The van der Waals surface area contributed by atoms with Gasteiger partial charge in [-0.05, 0) is 6.42 Å². The average Bonchev–Trinajstić information content (AvgIpc) is 2.11. The second-order valence-corrected chi connectivity index (χ2v) is 3.69. The molecule has 0 aromatic rings. The number of hydrogen-bond donors (Lipinski definition) is 2. The Morgan fingerprint density at radius 2 is 2.08 bits per heavy atom. The van der Waals surface area contributed by atoms with E-state index in [1.54, 1.807) is 0 Å². The van der Waals surface area contributed by atoms with E-state index in [9.17, 15) is 4.79 Å². The lowest BCUT2D eigenvalue weighted by molar-refractivity contribution is -0.125. The largest absolute Gasteiger partial charge is 0.394 e. The maximum atomic E-state index is 11.3. The molecule has 1 atom stereocenters. The van der Waals surface area contributed by atoms with Crippen molar-refractivity contribution in [2.45, 2.75) is 46.1 Å². The van der Waals surface area contributed by atoms with Crippen molar-refractivity contribution in [2.75, 3.05) is 6.61 Å². The Morgan fingerprint density at radius 3 is 2.46 bits per heavy atom. The number of aliphatic hydroxyl groups excluding tert-OH is 1. The highest BCUT2D eigenvalue weighted by molar-refractivity contribution is 5.78. The Bertz CT molecular complexity index is 146. The van der Waals surface area contributed by atoms with Gasteiger partial charge in [0.15, 0.2) is 0 Å². The fourth-order valence-electron chi connectivity index (χ4n) is 1.03. The maximum Gasteiger partial charge on any atom is 0.222 e. The van der Waals surface area contributed by atoms with Crippen molar-refractivity contribution in [3.8, 4) is 0 Å². The molecule has 3 nitrogen and oxygen atoms in total. The van der Waals surface area contributed by atoms with Gasteiger partial charge in [0.2, 0.25) is 5.91 Å². The summed E-state index contributed by atoms with van der Waals surface area (Å²) < 4.78 is 0. The van der Waals surface area contributed by atoms with Crippen molar-refractivity contribution in [1.82, 2.24) is 5.32 Å². The molecule has 0 saturated heterocycles. The second kappa shape index (κ2) is 6.89. The molecule has 0 aliphatic heterocycles. The molecule has 0 rings (SSSR count). The number of unbranched alkanes of at least 4 members (excludes halogenated alkanes) is 1. The highest BCUT2D eigenvalue weighted by Gasteiger charge is 2.12. The number of amides is 1. The zero-order valence-electron chi connectivity index (χ0n) is 8.84. The van der Waals surface area contributed by atoms with Crippen LogP contribution in [0.15, 0.2) is 0 Å². The first kappa shape index (κ1) is 12.4. The summed E-state index contributed by atoms with van der Waals surface area (Å²) in [6, 6.07) is -0.0603. The molecule has 0 aliphatic rings. The molecule has 0 saturated carbocycles. The Kier molecular flexibility index (Phi) is 6.59.